The molecule has 0 unspecified atom stereocenters. The molecule has 0 heterocycles. The molecule has 108 valence electrons. The molecule has 0 radical (unpaired) electrons. The topological polar surface area (TPSA) is 99.2 Å². The number of amides is 1. The number of carbonyl (C=O) groups excluding carboxylic acids is 1. The Balaban J connectivity index is 2.18. The second-order valence-corrected chi connectivity index (χ2v) is 5.89. The first kappa shape index (κ1) is 14.1. The molecule has 2 aliphatic carbocycles. The molecular formula is C13H23N3O3. The van der Waals surface area contributed by atoms with E-state index in [2.05, 4.69) is 12.1 Å². The van der Waals surface area contributed by atoms with Crippen LogP contribution in [0.15, 0.2) is 5.16 Å². The van der Waals surface area contributed by atoms with Gasteiger partial charge in [0.25, 0.3) is 0 Å². The van der Waals surface area contributed by atoms with Crippen molar-refractivity contribution in [3.8, 4) is 0 Å². The average Bonchev–Trinajstić information content (AvgIpc) is 2.30. The smallest absolute Gasteiger partial charge is 0.236 e. The Kier molecular flexibility index (Phi) is 3.99. The molecule has 4 N–H and O–H groups in total. The fraction of sp³-hybridized carbons (Fsp3) is 0.846. The molecule has 0 bridgehead atoms. The third-order valence-corrected chi connectivity index (χ3v) is 4.52. The van der Waals surface area contributed by atoms with E-state index in [1.807, 2.05) is 0 Å². The van der Waals surface area contributed by atoms with Gasteiger partial charge in [-0.15, -0.1) is 0 Å². The van der Waals surface area contributed by atoms with Crippen LogP contribution < -0.4 is 5.73 Å². The van der Waals surface area contributed by atoms with Crippen molar-refractivity contribution in [3.63, 3.8) is 0 Å². The third-order valence-electron chi connectivity index (χ3n) is 4.52. The number of aliphatic hydroxyl groups is 1. The Morgan fingerprint density at radius 1 is 1.47 bits per heavy atom. The molecule has 0 saturated heterocycles. The normalized spacial score (nSPS) is 31.5. The largest absolute Gasteiger partial charge is 0.409 e. The maximum Gasteiger partial charge on any atom is 0.236 e. The lowest BCUT2D eigenvalue weighted by atomic mass is 9.60. The number of rotatable bonds is 5. The molecule has 2 fully saturated rings. The van der Waals surface area contributed by atoms with E-state index in [4.69, 9.17) is 16.0 Å². The van der Waals surface area contributed by atoms with Gasteiger partial charge in [-0.05, 0) is 38.0 Å². The van der Waals surface area contributed by atoms with Crippen LogP contribution in [0.5, 0.6) is 0 Å². The van der Waals surface area contributed by atoms with E-state index in [-0.39, 0.29) is 24.4 Å². The number of oxime groups is 1. The summed E-state index contributed by atoms with van der Waals surface area (Å²) in [7, 11) is 0. The van der Waals surface area contributed by atoms with Gasteiger partial charge in [0.1, 0.15) is 5.41 Å². The molecule has 0 atom stereocenters. The van der Waals surface area contributed by atoms with Crippen LogP contribution in [0.3, 0.4) is 0 Å². The molecule has 2 rings (SSSR count). The van der Waals surface area contributed by atoms with Crippen LogP contribution in [-0.2, 0) is 4.79 Å². The van der Waals surface area contributed by atoms with Gasteiger partial charge in [-0.25, -0.2) is 0 Å². The minimum atomic E-state index is -0.848. The molecule has 0 aromatic carbocycles. The van der Waals surface area contributed by atoms with Gasteiger partial charge in [-0.2, -0.15) is 0 Å². The molecule has 0 aliphatic heterocycles. The van der Waals surface area contributed by atoms with Gasteiger partial charge < -0.3 is 20.9 Å². The van der Waals surface area contributed by atoms with Crippen molar-refractivity contribution in [1.29, 1.82) is 0 Å². The van der Waals surface area contributed by atoms with E-state index < -0.39 is 5.41 Å². The first-order valence-corrected chi connectivity index (χ1v) is 6.95. The van der Waals surface area contributed by atoms with E-state index in [9.17, 15) is 4.79 Å². The zero-order valence-corrected chi connectivity index (χ0v) is 11.4. The number of nitrogens with zero attached hydrogens (tertiary/aromatic N) is 2. The highest BCUT2D eigenvalue weighted by atomic mass is 16.4. The number of carbonyl (C=O) groups is 1. The molecule has 0 spiro atoms. The minimum Gasteiger partial charge on any atom is -0.409 e. The average molecular weight is 269 g/mol. The van der Waals surface area contributed by atoms with E-state index in [0.29, 0.717) is 25.3 Å². The number of amidine groups is 1. The van der Waals surface area contributed by atoms with Gasteiger partial charge >= 0.3 is 0 Å². The lowest BCUT2D eigenvalue weighted by Gasteiger charge is -2.49. The summed E-state index contributed by atoms with van der Waals surface area (Å²) in [6, 6.07) is 0.207. The highest BCUT2D eigenvalue weighted by Crippen LogP contribution is 2.48. The molecular weight excluding hydrogens is 246 g/mol. The lowest BCUT2D eigenvalue weighted by Crippen LogP contribution is -2.60. The zero-order valence-electron chi connectivity index (χ0n) is 11.4. The van der Waals surface area contributed by atoms with Crippen molar-refractivity contribution in [2.24, 2.45) is 22.2 Å². The standard InChI is InChI=1S/C13H23N3O3/c1-9-7-13(8-9,11(14)15-19)12(18)16(5-6-17)10-3-2-4-10/h9-10,17,19H,2-8H2,1H3,(H2,14,15). The van der Waals surface area contributed by atoms with Crippen LogP contribution >= 0.6 is 0 Å². The first-order chi connectivity index (χ1) is 9.05. The minimum absolute atomic E-state index is 0.0119. The van der Waals surface area contributed by atoms with Crippen LogP contribution in [-0.4, -0.2) is 46.1 Å². The molecule has 0 aromatic heterocycles. The molecule has 0 aromatic rings. The van der Waals surface area contributed by atoms with Crippen LogP contribution in [0.25, 0.3) is 0 Å². The van der Waals surface area contributed by atoms with Gasteiger partial charge in [0.2, 0.25) is 5.91 Å². The molecule has 1 amide bonds. The van der Waals surface area contributed by atoms with Crippen LogP contribution in [0.1, 0.15) is 39.0 Å². The van der Waals surface area contributed by atoms with Gasteiger partial charge in [0, 0.05) is 12.6 Å². The Labute approximate surface area is 113 Å². The molecule has 2 aliphatic rings. The summed E-state index contributed by atoms with van der Waals surface area (Å²) in [5, 5.41) is 21.2. The van der Waals surface area contributed by atoms with Gasteiger partial charge in [-0.1, -0.05) is 12.1 Å². The summed E-state index contributed by atoms with van der Waals surface area (Å²) in [6.45, 7) is 2.33. The fourth-order valence-corrected chi connectivity index (χ4v) is 3.25. The fourth-order valence-electron chi connectivity index (χ4n) is 3.25. The Morgan fingerprint density at radius 2 is 2.11 bits per heavy atom. The quantitative estimate of drug-likeness (QED) is 0.293. The Hall–Kier alpha value is -1.30. The second kappa shape index (κ2) is 5.36. The van der Waals surface area contributed by atoms with Crippen molar-refractivity contribution in [3.05, 3.63) is 0 Å². The number of hydrogen-bond donors (Lipinski definition) is 3. The molecule has 19 heavy (non-hydrogen) atoms. The van der Waals surface area contributed by atoms with Crippen molar-refractivity contribution in [2.45, 2.75) is 45.1 Å². The predicted molar refractivity (Wildman–Crippen MR) is 70.7 cm³/mol. The second-order valence-electron chi connectivity index (χ2n) is 5.89. The van der Waals surface area contributed by atoms with Crippen LogP contribution in [0.4, 0.5) is 0 Å². The van der Waals surface area contributed by atoms with Crippen molar-refractivity contribution >= 4 is 11.7 Å². The summed E-state index contributed by atoms with van der Waals surface area (Å²) >= 11 is 0. The molecule has 6 nitrogen and oxygen atoms in total. The zero-order chi connectivity index (χ0) is 14.0. The third kappa shape index (κ3) is 2.29. The van der Waals surface area contributed by atoms with E-state index >= 15 is 0 Å². The molecule has 6 heteroatoms. The summed E-state index contributed by atoms with van der Waals surface area (Å²) < 4.78 is 0. The summed E-state index contributed by atoms with van der Waals surface area (Å²) in [5.74, 6) is 0.333. The maximum atomic E-state index is 12.8. The number of aliphatic hydroxyl groups excluding tert-OH is 1. The van der Waals surface area contributed by atoms with Crippen molar-refractivity contribution in [1.82, 2.24) is 4.90 Å². The van der Waals surface area contributed by atoms with E-state index in [1.54, 1.807) is 4.90 Å². The van der Waals surface area contributed by atoms with Crippen molar-refractivity contribution < 1.29 is 15.1 Å². The summed E-state index contributed by atoms with van der Waals surface area (Å²) in [4.78, 5) is 14.5. The van der Waals surface area contributed by atoms with Crippen LogP contribution in [0, 0.1) is 11.3 Å². The monoisotopic (exact) mass is 269 g/mol. The van der Waals surface area contributed by atoms with Gasteiger partial charge in [0.15, 0.2) is 5.84 Å². The highest BCUT2D eigenvalue weighted by molar-refractivity contribution is 6.07. The van der Waals surface area contributed by atoms with Crippen molar-refractivity contribution in [2.75, 3.05) is 13.2 Å². The van der Waals surface area contributed by atoms with Gasteiger partial charge in [0.05, 0.1) is 6.61 Å². The Morgan fingerprint density at radius 3 is 2.47 bits per heavy atom. The summed E-state index contributed by atoms with van der Waals surface area (Å²) in [5.41, 5.74) is 4.91. The number of hydrogen-bond acceptors (Lipinski definition) is 4. The highest BCUT2D eigenvalue weighted by Gasteiger charge is 2.54. The first-order valence-electron chi connectivity index (χ1n) is 6.95. The van der Waals surface area contributed by atoms with E-state index in [1.165, 1.54) is 0 Å². The SMILES string of the molecule is CC1CC(C(=O)N(CCO)C2CCC2)(C(N)=NO)C1. The van der Waals surface area contributed by atoms with E-state index in [0.717, 1.165) is 19.3 Å². The number of nitrogens with two attached hydrogens (primary N) is 1. The summed E-state index contributed by atoms with van der Waals surface area (Å²) in [6.07, 6.45) is 4.32. The molecule has 2 saturated carbocycles. The predicted octanol–water partition coefficient (Wildman–Crippen LogP) is 0.523. The maximum absolute atomic E-state index is 12.8. The van der Waals surface area contributed by atoms with Gasteiger partial charge in [-0.3, -0.25) is 4.79 Å². The van der Waals surface area contributed by atoms with Crippen LogP contribution in [0.2, 0.25) is 0 Å². The lowest BCUT2D eigenvalue weighted by molar-refractivity contribution is -0.149. The Bertz CT molecular complexity index is 373.